The van der Waals surface area contributed by atoms with Gasteiger partial charge < -0.3 is 14.4 Å². The van der Waals surface area contributed by atoms with Crippen molar-refractivity contribution in [3.63, 3.8) is 0 Å². The van der Waals surface area contributed by atoms with Gasteiger partial charge in [0.05, 0.1) is 37.4 Å². The third-order valence-electron chi connectivity index (χ3n) is 5.55. The summed E-state index contributed by atoms with van der Waals surface area (Å²) in [6.07, 6.45) is 5.40. The zero-order chi connectivity index (χ0) is 19.6. The van der Waals surface area contributed by atoms with E-state index in [9.17, 15) is 4.79 Å². The quantitative estimate of drug-likeness (QED) is 0.819. The van der Waals surface area contributed by atoms with Gasteiger partial charge in [-0.2, -0.15) is 5.26 Å². The van der Waals surface area contributed by atoms with E-state index in [0.717, 1.165) is 18.4 Å². The lowest BCUT2D eigenvalue weighted by Crippen LogP contribution is -2.67. The molecule has 1 amide bonds. The minimum atomic E-state index is -0.310. The third kappa shape index (κ3) is 3.77. The predicted octanol–water partition coefficient (Wildman–Crippen LogP) is 2.85. The average molecular weight is 377 g/mol. The summed E-state index contributed by atoms with van der Waals surface area (Å²) >= 11 is 0. The Morgan fingerprint density at radius 2 is 2.29 bits per heavy atom. The van der Waals surface area contributed by atoms with Crippen molar-refractivity contribution in [1.29, 1.82) is 5.26 Å². The number of rotatable bonds is 4. The van der Waals surface area contributed by atoms with Crippen LogP contribution in [-0.4, -0.2) is 47.2 Å². The Balaban J connectivity index is 1.33. The molecule has 0 bridgehead atoms. The highest BCUT2D eigenvalue weighted by molar-refractivity contribution is 5.95. The predicted molar refractivity (Wildman–Crippen MR) is 103 cm³/mol. The van der Waals surface area contributed by atoms with Gasteiger partial charge in [0.1, 0.15) is 5.60 Å². The SMILES string of the molecule is Cc1ccncc1COC1CCOC2(C1)CN(C(=O)c1cccc(C#N)c1)C2. The molecule has 1 aromatic heterocycles. The first-order valence-electron chi connectivity index (χ1n) is 9.53. The van der Waals surface area contributed by atoms with E-state index in [-0.39, 0.29) is 17.6 Å². The summed E-state index contributed by atoms with van der Waals surface area (Å²) in [5.41, 5.74) is 3.01. The van der Waals surface area contributed by atoms with Gasteiger partial charge in [-0.25, -0.2) is 0 Å². The molecule has 4 rings (SSSR count). The van der Waals surface area contributed by atoms with Gasteiger partial charge in [0.25, 0.3) is 5.91 Å². The van der Waals surface area contributed by atoms with Crippen LogP contribution in [0, 0.1) is 18.3 Å². The van der Waals surface area contributed by atoms with Crippen LogP contribution in [0.4, 0.5) is 0 Å². The maximum Gasteiger partial charge on any atom is 0.254 e. The van der Waals surface area contributed by atoms with Gasteiger partial charge in [0.15, 0.2) is 0 Å². The Hall–Kier alpha value is -2.75. The number of benzene rings is 1. The van der Waals surface area contributed by atoms with Crippen molar-refractivity contribution in [3.05, 3.63) is 65.0 Å². The van der Waals surface area contributed by atoms with Gasteiger partial charge in [0, 0.05) is 31.0 Å². The fraction of sp³-hybridized carbons (Fsp3) is 0.409. The van der Waals surface area contributed by atoms with Crippen molar-refractivity contribution in [1.82, 2.24) is 9.88 Å². The standard InChI is InChI=1S/C22H23N3O3/c1-16-5-7-24-12-19(16)13-27-20-6-8-28-22(10-20)14-25(15-22)21(26)18-4-2-3-17(9-18)11-23/h2-5,7,9,12,20H,6,8,10,13-15H2,1H3. The van der Waals surface area contributed by atoms with Crippen molar-refractivity contribution in [2.75, 3.05) is 19.7 Å². The lowest BCUT2D eigenvalue weighted by molar-refractivity contribution is -0.188. The normalized spacial score (nSPS) is 20.4. The number of carbonyl (C=O) groups is 1. The lowest BCUT2D eigenvalue weighted by atomic mass is 9.84. The highest BCUT2D eigenvalue weighted by Crippen LogP contribution is 2.36. The maximum absolute atomic E-state index is 12.7. The number of nitrogens with zero attached hydrogens (tertiary/aromatic N) is 3. The zero-order valence-corrected chi connectivity index (χ0v) is 15.9. The number of likely N-dealkylation sites (tertiary alicyclic amines) is 1. The summed E-state index contributed by atoms with van der Waals surface area (Å²) in [5.74, 6) is -0.0552. The Morgan fingerprint density at radius 1 is 1.43 bits per heavy atom. The summed E-state index contributed by atoms with van der Waals surface area (Å²) in [5, 5.41) is 9.02. The van der Waals surface area contributed by atoms with Crippen LogP contribution in [-0.2, 0) is 16.1 Å². The number of amides is 1. The number of ether oxygens (including phenoxy) is 2. The van der Waals surface area contributed by atoms with Gasteiger partial charge in [-0.05, 0) is 48.7 Å². The second-order valence-electron chi connectivity index (χ2n) is 7.61. The molecule has 0 N–H and O–H groups in total. The third-order valence-corrected chi connectivity index (χ3v) is 5.55. The fourth-order valence-corrected chi connectivity index (χ4v) is 3.90. The molecular weight excluding hydrogens is 354 g/mol. The van der Waals surface area contributed by atoms with Crippen molar-refractivity contribution >= 4 is 5.91 Å². The van der Waals surface area contributed by atoms with E-state index in [1.165, 1.54) is 5.56 Å². The maximum atomic E-state index is 12.7. The second kappa shape index (κ2) is 7.70. The van der Waals surface area contributed by atoms with Crippen LogP contribution in [0.25, 0.3) is 0 Å². The van der Waals surface area contributed by atoms with E-state index in [1.807, 2.05) is 12.3 Å². The molecule has 6 heteroatoms. The van der Waals surface area contributed by atoms with Crippen molar-refractivity contribution < 1.29 is 14.3 Å². The van der Waals surface area contributed by atoms with Crippen LogP contribution in [0.3, 0.4) is 0 Å². The molecule has 3 heterocycles. The number of hydrogen-bond donors (Lipinski definition) is 0. The molecule has 28 heavy (non-hydrogen) atoms. The fourth-order valence-electron chi connectivity index (χ4n) is 3.90. The molecule has 1 atom stereocenters. The van der Waals surface area contributed by atoms with Gasteiger partial charge in [-0.3, -0.25) is 9.78 Å². The molecule has 2 aromatic rings. The molecule has 0 aliphatic carbocycles. The summed E-state index contributed by atoms with van der Waals surface area (Å²) in [7, 11) is 0. The minimum absolute atomic E-state index is 0.0552. The molecule has 144 valence electrons. The summed E-state index contributed by atoms with van der Waals surface area (Å²) < 4.78 is 12.2. The number of hydrogen-bond acceptors (Lipinski definition) is 5. The average Bonchev–Trinajstić information content (AvgIpc) is 2.71. The van der Waals surface area contributed by atoms with Gasteiger partial charge in [-0.15, -0.1) is 0 Å². The minimum Gasteiger partial charge on any atom is -0.373 e. The summed E-state index contributed by atoms with van der Waals surface area (Å²) in [6, 6.07) is 10.9. The molecule has 2 fully saturated rings. The van der Waals surface area contributed by atoms with Crippen LogP contribution in [0.5, 0.6) is 0 Å². The van der Waals surface area contributed by atoms with Crippen LogP contribution in [0.15, 0.2) is 42.7 Å². The van der Waals surface area contributed by atoms with Crippen LogP contribution in [0.1, 0.15) is 39.9 Å². The summed E-state index contributed by atoms with van der Waals surface area (Å²) in [4.78, 5) is 18.6. The number of nitriles is 1. The molecule has 2 saturated heterocycles. The topological polar surface area (TPSA) is 75.5 Å². The highest BCUT2D eigenvalue weighted by Gasteiger charge is 2.49. The first kappa shape index (κ1) is 18.6. The molecule has 0 saturated carbocycles. The molecular formula is C22H23N3O3. The van der Waals surface area contributed by atoms with E-state index in [1.54, 1.807) is 35.4 Å². The zero-order valence-electron chi connectivity index (χ0n) is 15.9. The second-order valence-corrected chi connectivity index (χ2v) is 7.61. The summed E-state index contributed by atoms with van der Waals surface area (Å²) in [6.45, 7) is 4.37. The van der Waals surface area contributed by atoms with Gasteiger partial charge in [0.2, 0.25) is 0 Å². The molecule has 2 aliphatic heterocycles. The molecule has 1 spiro atoms. The Morgan fingerprint density at radius 3 is 3.07 bits per heavy atom. The molecule has 0 radical (unpaired) electrons. The van der Waals surface area contributed by atoms with Crippen LogP contribution in [0.2, 0.25) is 0 Å². The van der Waals surface area contributed by atoms with Gasteiger partial charge in [-0.1, -0.05) is 6.07 Å². The van der Waals surface area contributed by atoms with E-state index in [4.69, 9.17) is 14.7 Å². The smallest absolute Gasteiger partial charge is 0.254 e. The van der Waals surface area contributed by atoms with E-state index in [0.29, 0.717) is 37.4 Å². The monoisotopic (exact) mass is 377 g/mol. The van der Waals surface area contributed by atoms with Crippen LogP contribution >= 0.6 is 0 Å². The number of aromatic nitrogens is 1. The largest absolute Gasteiger partial charge is 0.373 e. The van der Waals surface area contributed by atoms with Crippen LogP contribution < -0.4 is 0 Å². The highest BCUT2D eigenvalue weighted by atomic mass is 16.5. The van der Waals surface area contributed by atoms with E-state index >= 15 is 0 Å². The molecule has 1 unspecified atom stereocenters. The van der Waals surface area contributed by atoms with Crippen molar-refractivity contribution in [2.24, 2.45) is 0 Å². The molecule has 1 aromatic carbocycles. The number of carbonyl (C=O) groups excluding carboxylic acids is 1. The first-order chi connectivity index (χ1) is 13.6. The van der Waals surface area contributed by atoms with Crippen molar-refractivity contribution in [3.8, 4) is 6.07 Å². The molecule has 2 aliphatic rings. The van der Waals surface area contributed by atoms with E-state index < -0.39 is 0 Å². The Labute approximate surface area is 164 Å². The van der Waals surface area contributed by atoms with Crippen molar-refractivity contribution in [2.45, 2.75) is 38.1 Å². The number of aryl methyl sites for hydroxylation is 1. The molecule has 6 nitrogen and oxygen atoms in total. The first-order valence-corrected chi connectivity index (χ1v) is 9.53. The number of pyridine rings is 1. The van der Waals surface area contributed by atoms with Gasteiger partial charge >= 0.3 is 0 Å². The lowest BCUT2D eigenvalue weighted by Gasteiger charge is -2.53. The van der Waals surface area contributed by atoms with E-state index in [2.05, 4.69) is 18.0 Å². The Bertz CT molecular complexity index is 915. The Kier molecular flexibility index (Phi) is 5.12.